The van der Waals surface area contributed by atoms with Gasteiger partial charge in [0.05, 0.1) is 5.02 Å². The van der Waals surface area contributed by atoms with Crippen molar-refractivity contribution in [1.82, 2.24) is 5.32 Å². The van der Waals surface area contributed by atoms with Crippen LogP contribution in [0.4, 0.5) is 0 Å². The third kappa shape index (κ3) is 2.30. The molecule has 1 rings (SSSR count). The maximum atomic E-state index is 6.15. The van der Waals surface area contributed by atoms with Crippen LogP contribution in [0.25, 0.3) is 0 Å². The van der Waals surface area contributed by atoms with Crippen LogP contribution in [0.5, 0.6) is 0 Å². The van der Waals surface area contributed by atoms with Gasteiger partial charge in [-0.25, -0.2) is 0 Å². The van der Waals surface area contributed by atoms with Crippen molar-refractivity contribution in [2.45, 2.75) is 33.2 Å². The highest BCUT2D eigenvalue weighted by molar-refractivity contribution is 7.10. The van der Waals surface area contributed by atoms with Crippen molar-refractivity contribution in [1.29, 1.82) is 0 Å². The quantitative estimate of drug-likeness (QED) is 0.823. The number of nitrogens with one attached hydrogen (secondary N) is 1. The summed E-state index contributed by atoms with van der Waals surface area (Å²) in [6.07, 6.45) is 1.13. The van der Waals surface area contributed by atoms with Crippen LogP contribution in [-0.2, 0) is 0 Å². The molecule has 0 saturated heterocycles. The molecule has 0 fully saturated rings. The normalized spacial score (nSPS) is 14.4. The lowest BCUT2D eigenvalue weighted by Gasteiger charge is -2.32. The van der Waals surface area contributed by atoms with E-state index in [0.29, 0.717) is 6.04 Å². The Bertz CT molecular complexity index is 293. The van der Waals surface area contributed by atoms with Crippen LogP contribution in [0, 0.1) is 5.41 Å². The molecule has 1 N–H and O–H groups in total. The SMILES string of the molecule is CCC(C)(C)C(NC)c1sccc1Cl. The minimum atomic E-state index is 0.239. The summed E-state index contributed by atoms with van der Waals surface area (Å²) in [6.45, 7) is 6.75. The molecule has 0 aliphatic carbocycles. The van der Waals surface area contributed by atoms with E-state index in [1.165, 1.54) is 4.88 Å². The molecule has 0 aliphatic rings. The fourth-order valence-corrected chi connectivity index (χ4v) is 3.08. The van der Waals surface area contributed by atoms with Crippen LogP contribution >= 0.6 is 22.9 Å². The Kier molecular flexibility index (Phi) is 3.99. The summed E-state index contributed by atoms with van der Waals surface area (Å²) in [5, 5.41) is 6.30. The predicted octanol–water partition coefficient (Wildman–Crippen LogP) is 4.10. The zero-order valence-electron chi connectivity index (χ0n) is 9.23. The molecule has 80 valence electrons. The Labute approximate surface area is 95.5 Å². The van der Waals surface area contributed by atoms with Gasteiger partial charge in [0.2, 0.25) is 0 Å². The van der Waals surface area contributed by atoms with E-state index in [-0.39, 0.29) is 5.41 Å². The fourth-order valence-electron chi connectivity index (χ4n) is 1.59. The van der Waals surface area contributed by atoms with Crippen molar-refractivity contribution < 1.29 is 0 Å². The topological polar surface area (TPSA) is 12.0 Å². The average molecular weight is 232 g/mol. The first-order valence-electron chi connectivity index (χ1n) is 4.93. The highest BCUT2D eigenvalue weighted by Gasteiger charge is 2.29. The van der Waals surface area contributed by atoms with Crippen LogP contribution in [0.15, 0.2) is 11.4 Å². The summed E-state index contributed by atoms with van der Waals surface area (Å²) in [4.78, 5) is 1.25. The van der Waals surface area contributed by atoms with Gasteiger partial charge in [-0.2, -0.15) is 0 Å². The maximum Gasteiger partial charge on any atom is 0.0561 e. The Morgan fingerprint density at radius 2 is 2.21 bits per heavy atom. The van der Waals surface area contributed by atoms with E-state index in [9.17, 15) is 0 Å². The van der Waals surface area contributed by atoms with E-state index in [1.807, 2.05) is 18.5 Å². The molecule has 0 saturated carbocycles. The number of hydrogen-bond donors (Lipinski definition) is 1. The molecule has 1 heterocycles. The summed E-state index contributed by atoms with van der Waals surface area (Å²) < 4.78 is 0. The zero-order valence-corrected chi connectivity index (χ0v) is 10.8. The number of thiophene rings is 1. The zero-order chi connectivity index (χ0) is 10.8. The Morgan fingerprint density at radius 1 is 1.57 bits per heavy atom. The molecule has 1 aromatic rings. The van der Waals surface area contributed by atoms with Crippen molar-refractivity contribution in [2.75, 3.05) is 7.05 Å². The molecule has 1 atom stereocenters. The lowest BCUT2D eigenvalue weighted by atomic mass is 9.81. The van der Waals surface area contributed by atoms with Gasteiger partial charge in [-0.1, -0.05) is 32.4 Å². The van der Waals surface area contributed by atoms with Gasteiger partial charge in [0.25, 0.3) is 0 Å². The van der Waals surface area contributed by atoms with Gasteiger partial charge in [0.15, 0.2) is 0 Å². The Morgan fingerprint density at radius 3 is 2.57 bits per heavy atom. The van der Waals surface area contributed by atoms with E-state index in [1.54, 1.807) is 11.3 Å². The molecule has 0 aliphatic heterocycles. The van der Waals surface area contributed by atoms with Gasteiger partial charge in [0, 0.05) is 10.9 Å². The van der Waals surface area contributed by atoms with Crippen molar-refractivity contribution in [2.24, 2.45) is 5.41 Å². The Balaban J connectivity index is 2.99. The third-order valence-corrected chi connectivity index (χ3v) is 4.31. The molecule has 1 unspecified atom stereocenters. The van der Waals surface area contributed by atoms with E-state index in [0.717, 1.165) is 11.4 Å². The van der Waals surface area contributed by atoms with Gasteiger partial charge >= 0.3 is 0 Å². The maximum absolute atomic E-state index is 6.15. The molecule has 3 heteroatoms. The summed E-state index contributed by atoms with van der Waals surface area (Å²) >= 11 is 7.88. The molecule has 0 spiro atoms. The first-order chi connectivity index (χ1) is 6.53. The van der Waals surface area contributed by atoms with Gasteiger partial charge in [-0.15, -0.1) is 11.3 Å². The largest absolute Gasteiger partial charge is 0.312 e. The fraction of sp³-hybridized carbons (Fsp3) is 0.636. The summed E-state index contributed by atoms with van der Waals surface area (Å²) in [6, 6.07) is 2.32. The van der Waals surface area contributed by atoms with E-state index in [2.05, 4.69) is 26.1 Å². The van der Waals surface area contributed by atoms with Gasteiger partial charge < -0.3 is 5.32 Å². The molecule has 1 aromatic heterocycles. The summed E-state index contributed by atoms with van der Waals surface area (Å²) in [5.41, 5.74) is 0.239. The molecule has 0 radical (unpaired) electrons. The molecular weight excluding hydrogens is 214 g/mol. The molecule has 0 amide bonds. The summed E-state index contributed by atoms with van der Waals surface area (Å²) in [5.74, 6) is 0. The average Bonchev–Trinajstić information content (AvgIpc) is 2.53. The number of rotatable bonds is 4. The Hall–Kier alpha value is -0.0500. The molecular formula is C11H18ClNS. The smallest absolute Gasteiger partial charge is 0.0561 e. The van der Waals surface area contributed by atoms with Crippen molar-refractivity contribution in [3.8, 4) is 0 Å². The first kappa shape index (κ1) is 12.0. The second kappa shape index (κ2) is 4.65. The molecule has 14 heavy (non-hydrogen) atoms. The number of halogens is 1. The second-order valence-electron chi connectivity index (χ2n) is 4.20. The van der Waals surface area contributed by atoms with Gasteiger partial charge in [-0.05, 0) is 30.3 Å². The minimum Gasteiger partial charge on any atom is -0.312 e. The monoisotopic (exact) mass is 231 g/mol. The third-order valence-electron chi connectivity index (χ3n) is 2.89. The molecule has 1 nitrogen and oxygen atoms in total. The molecule has 0 aromatic carbocycles. The minimum absolute atomic E-state index is 0.239. The van der Waals surface area contributed by atoms with E-state index < -0.39 is 0 Å². The molecule has 0 bridgehead atoms. The van der Waals surface area contributed by atoms with Gasteiger partial charge in [0.1, 0.15) is 0 Å². The van der Waals surface area contributed by atoms with Crippen LogP contribution in [0.3, 0.4) is 0 Å². The predicted molar refractivity (Wildman–Crippen MR) is 65.2 cm³/mol. The van der Waals surface area contributed by atoms with E-state index >= 15 is 0 Å². The highest BCUT2D eigenvalue weighted by atomic mass is 35.5. The highest BCUT2D eigenvalue weighted by Crippen LogP contribution is 2.41. The van der Waals surface area contributed by atoms with Crippen molar-refractivity contribution in [3.05, 3.63) is 21.3 Å². The van der Waals surface area contributed by atoms with Crippen LogP contribution < -0.4 is 5.32 Å². The van der Waals surface area contributed by atoms with Crippen LogP contribution in [0.1, 0.15) is 38.1 Å². The van der Waals surface area contributed by atoms with Crippen molar-refractivity contribution in [3.63, 3.8) is 0 Å². The van der Waals surface area contributed by atoms with Crippen LogP contribution in [0.2, 0.25) is 5.02 Å². The van der Waals surface area contributed by atoms with Gasteiger partial charge in [-0.3, -0.25) is 0 Å². The van der Waals surface area contributed by atoms with Crippen LogP contribution in [-0.4, -0.2) is 7.05 Å². The van der Waals surface area contributed by atoms with E-state index in [4.69, 9.17) is 11.6 Å². The standard InChI is InChI=1S/C11H18ClNS/c1-5-11(2,3)10(13-4)9-8(12)6-7-14-9/h6-7,10,13H,5H2,1-4H3. The van der Waals surface area contributed by atoms with Crippen molar-refractivity contribution >= 4 is 22.9 Å². The summed E-state index contributed by atoms with van der Waals surface area (Å²) in [7, 11) is 2.00. The number of hydrogen-bond acceptors (Lipinski definition) is 2. The lowest BCUT2D eigenvalue weighted by Crippen LogP contribution is -2.31. The second-order valence-corrected chi connectivity index (χ2v) is 5.55. The first-order valence-corrected chi connectivity index (χ1v) is 6.19. The lowest BCUT2D eigenvalue weighted by molar-refractivity contribution is 0.249.